The lowest BCUT2D eigenvalue weighted by Gasteiger charge is -2.42. The summed E-state index contributed by atoms with van der Waals surface area (Å²) in [5.41, 5.74) is 0.877. The van der Waals surface area contributed by atoms with Gasteiger partial charge in [-0.15, -0.1) is 0 Å². The molecule has 1 aliphatic rings. The summed E-state index contributed by atoms with van der Waals surface area (Å²) in [7, 11) is 0. The molecule has 0 aliphatic heterocycles. The van der Waals surface area contributed by atoms with Gasteiger partial charge < -0.3 is 15.2 Å². The van der Waals surface area contributed by atoms with Crippen LogP contribution in [-0.2, 0) is 10.2 Å². The lowest BCUT2D eigenvalue weighted by molar-refractivity contribution is -0.152. The monoisotopic (exact) mass is 231 g/mol. The van der Waals surface area contributed by atoms with Crippen molar-refractivity contribution in [1.82, 2.24) is 4.98 Å². The highest BCUT2D eigenvalue weighted by atomic mass is 16.4. The molecular weight excluding hydrogens is 218 g/mol. The van der Waals surface area contributed by atoms with E-state index < -0.39 is 17.5 Å². The zero-order valence-corrected chi connectivity index (χ0v) is 9.18. The number of carboxylic acids is 1. The van der Waals surface area contributed by atoms with Gasteiger partial charge in [0.15, 0.2) is 0 Å². The lowest BCUT2D eigenvalue weighted by Crippen LogP contribution is -2.50. The molecule has 0 amide bonds. The molecule has 1 aromatic heterocycles. The van der Waals surface area contributed by atoms with Crippen molar-refractivity contribution in [3.8, 4) is 0 Å². The number of hydrogen-bond acceptors (Lipinski definition) is 2. The van der Waals surface area contributed by atoms with Gasteiger partial charge in [0.1, 0.15) is 0 Å². The van der Waals surface area contributed by atoms with Crippen molar-refractivity contribution in [3.63, 3.8) is 0 Å². The quantitative estimate of drug-likeness (QED) is 0.735. The van der Waals surface area contributed by atoms with Gasteiger partial charge in [-0.2, -0.15) is 0 Å². The minimum atomic E-state index is -0.898. The molecule has 2 aromatic rings. The summed E-state index contributed by atoms with van der Waals surface area (Å²) in [5.74, 6) is -0.849. The van der Waals surface area contributed by atoms with Crippen molar-refractivity contribution in [1.29, 1.82) is 0 Å². The van der Waals surface area contributed by atoms with Crippen LogP contribution >= 0.6 is 0 Å². The average molecular weight is 231 g/mol. The smallest absolute Gasteiger partial charge is 0.314 e. The summed E-state index contributed by atoms with van der Waals surface area (Å²) in [6.45, 7) is 0. The van der Waals surface area contributed by atoms with E-state index in [-0.39, 0.29) is 0 Å². The molecule has 88 valence electrons. The van der Waals surface area contributed by atoms with Crippen molar-refractivity contribution in [2.75, 3.05) is 0 Å². The maximum Gasteiger partial charge on any atom is 0.314 e. The number of aromatic amines is 1. The maximum absolute atomic E-state index is 11.4. The predicted molar refractivity (Wildman–Crippen MR) is 62.9 cm³/mol. The molecule has 1 fully saturated rings. The van der Waals surface area contributed by atoms with E-state index in [2.05, 4.69) is 4.98 Å². The van der Waals surface area contributed by atoms with Crippen molar-refractivity contribution >= 4 is 16.9 Å². The van der Waals surface area contributed by atoms with Crippen LogP contribution in [0.5, 0.6) is 0 Å². The molecule has 1 saturated carbocycles. The van der Waals surface area contributed by atoms with Crippen LogP contribution in [0.15, 0.2) is 30.5 Å². The highest BCUT2D eigenvalue weighted by Crippen LogP contribution is 2.44. The Morgan fingerprint density at radius 2 is 2.12 bits per heavy atom. The Morgan fingerprint density at radius 1 is 1.35 bits per heavy atom. The first-order valence-electron chi connectivity index (χ1n) is 5.61. The number of hydrogen-bond donors (Lipinski definition) is 3. The number of H-pyrrole nitrogens is 1. The van der Waals surface area contributed by atoms with Crippen LogP contribution in [0.25, 0.3) is 10.9 Å². The van der Waals surface area contributed by atoms with Crippen molar-refractivity contribution in [3.05, 3.63) is 36.0 Å². The molecule has 0 atom stereocenters. The fraction of sp³-hybridized carbons (Fsp3) is 0.308. The fourth-order valence-corrected chi connectivity index (χ4v) is 2.63. The number of benzene rings is 1. The van der Waals surface area contributed by atoms with Gasteiger partial charge in [0, 0.05) is 11.7 Å². The Hall–Kier alpha value is -1.81. The molecule has 3 N–H and O–H groups in total. The van der Waals surface area contributed by atoms with E-state index in [4.69, 9.17) is 0 Å². The van der Waals surface area contributed by atoms with Gasteiger partial charge in [0.05, 0.1) is 11.5 Å². The first-order valence-corrected chi connectivity index (χ1v) is 5.61. The van der Waals surface area contributed by atoms with Gasteiger partial charge in [-0.1, -0.05) is 6.07 Å². The SMILES string of the molecule is O=C(O)C1(c2ccc3[nH]ccc3c2)CC(O)C1. The summed E-state index contributed by atoms with van der Waals surface area (Å²) >= 11 is 0. The van der Waals surface area contributed by atoms with Crippen molar-refractivity contribution < 1.29 is 15.0 Å². The number of carbonyl (C=O) groups is 1. The Bertz CT molecular complexity index is 581. The third kappa shape index (κ3) is 1.37. The molecule has 0 saturated heterocycles. The van der Waals surface area contributed by atoms with Gasteiger partial charge >= 0.3 is 5.97 Å². The minimum Gasteiger partial charge on any atom is -0.481 e. The summed E-state index contributed by atoms with van der Waals surface area (Å²) in [6.07, 6.45) is 1.95. The second kappa shape index (κ2) is 3.34. The number of fused-ring (bicyclic) bond motifs is 1. The average Bonchev–Trinajstić information content (AvgIpc) is 2.70. The van der Waals surface area contributed by atoms with Gasteiger partial charge in [0.25, 0.3) is 0 Å². The first-order chi connectivity index (χ1) is 8.12. The Kier molecular flexibility index (Phi) is 2.03. The van der Waals surface area contributed by atoms with Gasteiger partial charge in [0.2, 0.25) is 0 Å². The zero-order valence-electron chi connectivity index (χ0n) is 9.18. The van der Waals surface area contributed by atoms with E-state index in [1.54, 1.807) is 0 Å². The highest BCUT2D eigenvalue weighted by molar-refractivity contribution is 5.87. The van der Waals surface area contributed by atoms with Crippen LogP contribution in [0.3, 0.4) is 0 Å². The molecule has 4 nitrogen and oxygen atoms in total. The van der Waals surface area contributed by atoms with Crippen LogP contribution in [0.2, 0.25) is 0 Å². The number of rotatable bonds is 2. The Balaban J connectivity index is 2.09. The molecule has 3 rings (SSSR count). The van der Waals surface area contributed by atoms with Crippen LogP contribution in [0.4, 0.5) is 0 Å². The van der Waals surface area contributed by atoms with Crippen LogP contribution in [-0.4, -0.2) is 27.3 Å². The zero-order chi connectivity index (χ0) is 12.0. The first kappa shape index (κ1) is 10.4. The van der Waals surface area contributed by atoms with E-state index in [1.807, 2.05) is 30.5 Å². The Labute approximate surface area is 97.9 Å². The van der Waals surface area contributed by atoms with Crippen LogP contribution in [0.1, 0.15) is 18.4 Å². The third-order valence-electron chi connectivity index (χ3n) is 3.68. The van der Waals surface area contributed by atoms with E-state index in [0.29, 0.717) is 12.8 Å². The number of aromatic nitrogens is 1. The second-order valence-electron chi connectivity index (χ2n) is 4.73. The normalized spacial score (nSPS) is 27.9. The lowest BCUT2D eigenvalue weighted by atomic mass is 9.62. The van der Waals surface area contributed by atoms with Crippen LogP contribution in [0, 0.1) is 0 Å². The van der Waals surface area contributed by atoms with Gasteiger partial charge in [-0.25, -0.2) is 0 Å². The Morgan fingerprint density at radius 3 is 2.76 bits per heavy atom. The number of aliphatic hydroxyl groups excluding tert-OH is 1. The van der Waals surface area contributed by atoms with Crippen LogP contribution < -0.4 is 0 Å². The number of aliphatic hydroxyl groups is 1. The van der Waals surface area contributed by atoms with E-state index in [0.717, 1.165) is 16.5 Å². The predicted octanol–water partition coefficient (Wildman–Crippen LogP) is 1.65. The summed E-state index contributed by atoms with van der Waals surface area (Å²) < 4.78 is 0. The molecule has 1 aliphatic carbocycles. The standard InChI is InChI=1S/C13H13NO3/c15-10-6-13(7-10,12(16)17)9-1-2-11-8(5-9)3-4-14-11/h1-5,10,14-15H,6-7H2,(H,16,17). The van der Waals surface area contributed by atoms with E-state index in [1.165, 1.54) is 0 Å². The maximum atomic E-state index is 11.4. The molecule has 0 bridgehead atoms. The highest BCUT2D eigenvalue weighted by Gasteiger charge is 2.51. The molecule has 17 heavy (non-hydrogen) atoms. The molecule has 1 aromatic carbocycles. The van der Waals surface area contributed by atoms with E-state index in [9.17, 15) is 15.0 Å². The number of nitrogens with one attached hydrogen (secondary N) is 1. The minimum absolute atomic E-state index is 0.304. The fourth-order valence-electron chi connectivity index (χ4n) is 2.63. The summed E-state index contributed by atoms with van der Waals surface area (Å²) in [5, 5.41) is 19.8. The molecule has 1 heterocycles. The molecule has 0 spiro atoms. The van der Waals surface area contributed by atoms with Gasteiger partial charge in [-0.05, 0) is 42.0 Å². The summed E-state index contributed by atoms with van der Waals surface area (Å²) in [6, 6.07) is 7.54. The number of aliphatic carboxylic acids is 1. The van der Waals surface area contributed by atoms with Gasteiger partial charge in [-0.3, -0.25) is 4.79 Å². The number of carboxylic acid groups (broad SMARTS) is 1. The summed E-state index contributed by atoms with van der Waals surface area (Å²) in [4.78, 5) is 14.5. The topological polar surface area (TPSA) is 73.3 Å². The third-order valence-corrected chi connectivity index (χ3v) is 3.68. The van der Waals surface area contributed by atoms with Crippen molar-refractivity contribution in [2.24, 2.45) is 0 Å². The molecule has 4 heteroatoms. The largest absolute Gasteiger partial charge is 0.481 e. The van der Waals surface area contributed by atoms with Crippen molar-refractivity contribution in [2.45, 2.75) is 24.4 Å². The molecular formula is C13H13NO3. The molecule has 0 unspecified atom stereocenters. The second-order valence-corrected chi connectivity index (χ2v) is 4.73. The molecule has 0 radical (unpaired) electrons. The van der Waals surface area contributed by atoms with E-state index >= 15 is 0 Å².